The van der Waals surface area contributed by atoms with Gasteiger partial charge in [-0.3, -0.25) is 4.99 Å². The van der Waals surface area contributed by atoms with Crippen LogP contribution in [0.25, 0.3) is 0 Å². The summed E-state index contributed by atoms with van der Waals surface area (Å²) in [4.78, 5) is 4.31. The van der Waals surface area contributed by atoms with E-state index in [4.69, 9.17) is 5.14 Å². The van der Waals surface area contributed by atoms with Gasteiger partial charge in [0.05, 0.1) is 4.90 Å². The second kappa shape index (κ2) is 10.6. The Labute approximate surface area is 178 Å². The molecular weight excluding hydrogens is 475 g/mol. The monoisotopic (exact) mass is 502 g/mol. The van der Waals surface area contributed by atoms with Gasteiger partial charge in [-0.05, 0) is 43.5 Å². The number of rotatable bonds is 6. The van der Waals surface area contributed by atoms with Crippen molar-refractivity contribution >= 4 is 40.0 Å². The van der Waals surface area contributed by atoms with Crippen LogP contribution in [0.1, 0.15) is 22.3 Å². The average molecular weight is 502 g/mol. The molecule has 4 N–H and O–H groups in total. The SMILES string of the molecule is CN=C(NCCc1cc(C)cc(C)c1)NCc1ccc(S(N)(=O)=O)cc1.I. The molecule has 0 spiro atoms. The molecule has 0 aliphatic carbocycles. The Bertz CT molecular complexity index is 861. The highest BCUT2D eigenvalue weighted by molar-refractivity contribution is 14.0. The molecule has 0 aliphatic heterocycles. The van der Waals surface area contributed by atoms with Gasteiger partial charge in [-0.25, -0.2) is 13.6 Å². The third kappa shape index (κ3) is 7.86. The van der Waals surface area contributed by atoms with Crippen LogP contribution >= 0.6 is 24.0 Å². The van der Waals surface area contributed by atoms with E-state index in [0.29, 0.717) is 12.5 Å². The van der Waals surface area contributed by atoms with E-state index < -0.39 is 10.0 Å². The number of hydrogen-bond donors (Lipinski definition) is 3. The standard InChI is InChI=1S/C19H26N4O2S.HI/c1-14-10-15(2)12-17(11-14)8-9-22-19(21-3)23-13-16-4-6-18(7-5-16)26(20,24)25;/h4-7,10-12H,8-9,13H2,1-3H3,(H2,20,24,25)(H2,21,22,23);1H. The molecular formula is C19H27IN4O2S. The number of guanidine groups is 1. The minimum Gasteiger partial charge on any atom is -0.356 e. The number of nitrogens with zero attached hydrogens (tertiary/aromatic N) is 1. The van der Waals surface area contributed by atoms with E-state index in [1.807, 2.05) is 0 Å². The molecule has 0 unspecified atom stereocenters. The van der Waals surface area contributed by atoms with Crippen LogP contribution in [0.5, 0.6) is 0 Å². The zero-order chi connectivity index (χ0) is 19.2. The molecule has 0 saturated heterocycles. The highest BCUT2D eigenvalue weighted by Crippen LogP contribution is 2.09. The Morgan fingerprint density at radius 3 is 2.11 bits per heavy atom. The summed E-state index contributed by atoms with van der Waals surface area (Å²) in [5.41, 5.74) is 4.77. The molecule has 0 saturated carbocycles. The normalized spacial score (nSPS) is 11.6. The Morgan fingerprint density at radius 1 is 1.00 bits per heavy atom. The van der Waals surface area contributed by atoms with Crippen LogP contribution in [0.3, 0.4) is 0 Å². The van der Waals surface area contributed by atoms with E-state index >= 15 is 0 Å². The van der Waals surface area contributed by atoms with Crippen molar-refractivity contribution in [1.82, 2.24) is 10.6 Å². The van der Waals surface area contributed by atoms with Crippen molar-refractivity contribution in [3.05, 3.63) is 64.7 Å². The lowest BCUT2D eigenvalue weighted by Crippen LogP contribution is -2.37. The molecule has 0 aliphatic rings. The fourth-order valence-corrected chi connectivity index (χ4v) is 3.26. The minimum atomic E-state index is -3.66. The second-order valence-corrected chi connectivity index (χ2v) is 7.85. The Hall–Kier alpha value is -1.65. The summed E-state index contributed by atoms with van der Waals surface area (Å²) in [5, 5.41) is 11.6. The third-order valence-corrected chi connectivity index (χ3v) is 4.85. The van der Waals surface area contributed by atoms with E-state index in [1.54, 1.807) is 19.2 Å². The number of hydrogen-bond acceptors (Lipinski definition) is 3. The summed E-state index contributed by atoms with van der Waals surface area (Å²) in [6, 6.07) is 13.0. The van der Waals surface area contributed by atoms with Gasteiger partial charge in [0.1, 0.15) is 0 Å². The van der Waals surface area contributed by atoms with Crippen molar-refractivity contribution in [3.63, 3.8) is 0 Å². The molecule has 27 heavy (non-hydrogen) atoms. The number of aliphatic imine (C=N–C) groups is 1. The summed E-state index contributed by atoms with van der Waals surface area (Å²) >= 11 is 0. The lowest BCUT2D eigenvalue weighted by molar-refractivity contribution is 0.597. The van der Waals surface area contributed by atoms with Crippen molar-refractivity contribution in [2.24, 2.45) is 10.1 Å². The van der Waals surface area contributed by atoms with E-state index in [2.05, 4.69) is 47.7 Å². The molecule has 6 nitrogen and oxygen atoms in total. The maximum atomic E-state index is 11.3. The average Bonchev–Trinajstić information content (AvgIpc) is 2.56. The van der Waals surface area contributed by atoms with E-state index in [-0.39, 0.29) is 28.9 Å². The number of nitrogens with one attached hydrogen (secondary N) is 2. The van der Waals surface area contributed by atoms with Crippen molar-refractivity contribution in [3.8, 4) is 0 Å². The number of primary sulfonamides is 1. The molecule has 0 atom stereocenters. The molecule has 0 heterocycles. The molecule has 0 amide bonds. The molecule has 2 aromatic rings. The highest BCUT2D eigenvalue weighted by Gasteiger charge is 2.07. The van der Waals surface area contributed by atoms with Crippen LogP contribution < -0.4 is 15.8 Å². The number of nitrogens with two attached hydrogens (primary N) is 1. The number of halogens is 1. The van der Waals surface area contributed by atoms with Crippen LogP contribution in [-0.2, 0) is 23.0 Å². The van der Waals surface area contributed by atoms with Crippen LogP contribution in [0.15, 0.2) is 52.4 Å². The molecule has 0 bridgehead atoms. The van der Waals surface area contributed by atoms with Crippen molar-refractivity contribution < 1.29 is 8.42 Å². The quantitative estimate of drug-likeness (QED) is 0.321. The maximum absolute atomic E-state index is 11.3. The second-order valence-electron chi connectivity index (χ2n) is 6.29. The summed E-state index contributed by atoms with van der Waals surface area (Å²) in [6.07, 6.45) is 0.909. The van der Waals surface area contributed by atoms with Crippen LogP contribution in [-0.4, -0.2) is 28.0 Å². The maximum Gasteiger partial charge on any atom is 0.238 e. The predicted molar refractivity (Wildman–Crippen MR) is 121 cm³/mol. The largest absolute Gasteiger partial charge is 0.356 e. The Balaban J connectivity index is 0.00000364. The van der Waals surface area contributed by atoms with Gasteiger partial charge in [-0.2, -0.15) is 0 Å². The summed E-state index contributed by atoms with van der Waals surface area (Å²) in [6.45, 7) is 5.51. The van der Waals surface area contributed by atoms with Gasteiger partial charge in [0.2, 0.25) is 10.0 Å². The van der Waals surface area contributed by atoms with Gasteiger partial charge < -0.3 is 10.6 Å². The molecule has 8 heteroatoms. The van der Waals surface area contributed by atoms with Gasteiger partial charge in [0.15, 0.2) is 5.96 Å². The van der Waals surface area contributed by atoms with Crippen LogP contribution in [0.2, 0.25) is 0 Å². The molecule has 0 aromatic heterocycles. The topological polar surface area (TPSA) is 96.6 Å². The third-order valence-electron chi connectivity index (χ3n) is 3.92. The zero-order valence-corrected chi connectivity index (χ0v) is 19.0. The summed E-state index contributed by atoms with van der Waals surface area (Å²) in [5.74, 6) is 0.699. The van der Waals surface area contributed by atoms with Crippen molar-refractivity contribution in [2.45, 2.75) is 31.7 Å². The van der Waals surface area contributed by atoms with E-state index in [0.717, 1.165) is 18.5 Å². The molecule has 148 valence electrons. The fraction of sp³-hybridized carbons (Fsp3) is 0.316. The van der Waals surface area contributed by atoms with Crippen molar-refractivity contribution in [1.29, 1.82) is 0 Å². The molecule has 0 fully saturated rings. The summed E-state index contributed by atoms with van der Waals surface area (Å²) < 4.78 is 22.5. The van der Waals surface area contributed by atoms with Gasteiger partial charge in [-0.1, -0.05) is 41.5 Å². The highest BCUT2D eigenvalue weighted by atomic mass is 127. The van der Waals surface area contributed by atoms with Gasteiger partial charge in [0.25, 0.3) is 0 Å². The number of aryl methyl sites for hydroxylation is 2. The van der Waals surface area contributed by atoms with Gasteiger partial charge in [-0.15, -0.1) is 24.0 Å². The first-order valence-corrected chi connectivity index (χ1v) is 9.96. The molecule has 2 aromatic carbocycles. The fourth-order valence-electron chi connectivity index (χ4n) is 2.74. The summed E-state index contributed by atoms with van der Waals surface area (Å²) in [7, 11) is -1.94. The first kappa shape index (κ1) is 23.4. The Kier molecular flexibility index (Phi) is 9.20. The van der Waals surface area contributed by atoms with Crippen LogP contribution in [0, 0.1) is 13.8 Å². The molecule has 0 radical (unpaired) electrons. The van der Waals surface area contributed by atoms with Crippen molar-refractivity contribution in [2.75, 3.05) is 13.6 Å². The van der Waals surface area contributed by atoms with Gasteiger partial charge >= 0.3 is 0 Å². The van der Waals surface area contributed by atoms with Crippen LogP contribution in [0.4, 0.5) is 0 Å². The molecule has 2 rings (SSSR count). The minimum absolute atomic E-state index is 0. The smallest absolute Gasteiger partial charge is 0.238 e. The predicted octanol–water partition coefficient (Wildman–Crippen LogP) is 2.48. The van der Waals surface area contributed by atoms with Gasteiger partial charge in [0, 0.05) is 20.1 Å². The first-order chi connectivity index (χ1) is 12.3. The van der Waals surface area contributed by atoms with E-state index in [1.165, 1.54) is 28.8 Å². The number of benzene rings is 2. The zero-order valence-electron chi connectivity index (χ0n) is 15.8. The lowest BCUT2D eigenvalue weighted by Gasteiger charge is -2.12. The Morgan fingerprint density at radius 2 is 1.59 bits per heavy atom. The first-order valence-electron chi connectivity index (χ1n) is 8.41. The van der Waals surface area contributed by atoms with E-state index in [9.17, 15) is 8.42 Å². The number of sulfonamides is 1. The lowest BCUT2D eigenvalue weighted by atomic mass is 10.1.